The molecular formula is C80H57NSi2. The molecule has 2 heterocycles. The zero-order chi connectivity index (χ0) is 55.1. The third-order valence-electron chi connectivity index (χ3n) is 18.7. The van der Waals surface area contributed by atoms with Crippen molar-refractivity contribution in [3.8, 4) is 55.6 Å². The third-order valence-corrected chi connectivity index (χ3v) is 28.1. The molecule has 16 rings (SSSR count). The molecule has 1 nitrogen and oxygen atoms in total. The minimum absolute atomic E-state index is 0.576. The first-order valence-corrected chi connectivity index (χ1v) is 33.6. The summed E-state index contributed by atoms with van der Waals surface area (Å²) in [6.45, 7) is 2.56. The van der Waals surface area contributed by atoms with Crippen molar-refractivity contribution in [3.05, 3.63) is 350 Å². The Balaban J connectivity index is 0.938. The molecule has 2 aliphatic heterocycles. The van der Waals surface area contributed by atoms with E-state index in [9.17, 15) is 0 Å². The fourth-order valence-electron chi connectivity index (χ4n) is 15.1. The van der Waals surface area contributed by atoms with Crippen LogP contribution in [0.5, 0.6) is 0 Å². The van der Waals surface area contributed by atoms with Gasteiger partial charge in [0.05, 0.1) is 11.1 Å². The van der Waals surface area contributed by atoms with E-state index in [1.54, 1.807) is 0 Å². The van der Waals surface area contributed by atoms with Gasteiger partial charge in [-0.2, -0.15) is 0 Å². The summed E-state index contributed by atoms with van der Waals surface area (Å²) in [4.78, 5) is 2.57. The smallest absolute Gasteiger partial charge is 0.180 e. The Morgan fingerprint density at radius 2 is 0.711 bits per heavy atom. The van der Waals surface area contributed by atoms with E-state index in [0.717, 1.165) is 28.2 Å². The highest BCUT2D eigenvalue weighted by molar-refractivity contribution is 7.22. The molecule has 13 aromatic rings. The minimum Gasteiger partial charge on any atom is -0.310 e. The van der Waals surface area contributed by atoms with E-state index in [2.05, 4.69) is 339 Å². The van der Waals surface area contributed by atoms with Crippen LogP contribution in [0.3, 0.4) is 0 Å². The van der Waals surface area contributed by atoms with Crippen molar-refractivity contribution in [2.75, 3.05) is 4.90 Å². The van der Waals surface area contributed by atoms with Crippen molar-refractivity contribution in [1.29, 1.82) is 0 Å². The predicted octanol–water partition coefficient (Wildman–Crippen LogP) is 15.3. The SMILES string of the molecule is C[Si]1(c2cccc(N(c3ccc4c(c3)C(c3ccccc3)(c3ccccc3)c3ccccc3-4)c3ccc(-c4cccc([Si]5(c6ccccc6)c6ccccc6-c6ccccc65)c4)cc3-c3ccccc3)c2)c2ccccc2-c2ccccc21. The van der Waals surface area contributed by atoms with E-state index >= 15 is 0 Å². The Hall–Kier alpha value is -9.91. The molecule has 0 aromatic heterocycles. The standard InChI is InChI=1S/C80H57NSi2/c1-82(76-44-20-15-39-68(76)69-40-16-21-45-77(69)82)64-36-25-33-61(54-64)81(62-49-50-67-66-38-14-19-43-73(66)80(74(67)55-62,59-29-8-3-9-30-59)60-31-10-4-11-32-60)75-51-48-58(53-72(75)56-26-6-2-7-27-56)57-28-24-37-65(52-57)83(63-34-12-5-13-35-63)78-46-22-17-41-70(78)71-42-18-23-47-79(71)83/h2-55H,1H3. The average molecular weight is 1090 g/mol. The summed E-state index contributed by atoms with van der Waals surface area (Å²) in [6, 6.07) is 124. The van der Waals surface area contributed by atoms with Gasteiger partial charge in [-0.3, -0.25) is 0 Å². The predicted molar refractivity (Wildman–Crippen MR) is 354 cm³/mol. The van der Waals surface area contributed by atoms with Gasteiger partial charge in [0, 0.05) is 16.9 Å². The minimum atomic E-state index is -2.75. The molecule has 0 amide bonds. The summed E-state index contributed by atoms with van der Waals surface area (Å²) in [5.41, 5.74) is 20.5. The number of hydrogen-bond donors (Lipinski definition) is 0. The number of rotatable bonds is 10. The lowest BCUT2D eigenvalue weighted by Gasteiger charge is -2.35. The van der Waals surface area contributed by atoms with Gasteiger partial charge in [-0.15, -0.1) is 0 Å². The fourth-order valence-corrected chi connectivity index (χ4v) is 24.5. The lowest BCUT2D eigenvalue weighted by atomic mass is 9.67. The van der Waals surface area contributed by atoms with Crippen LogP contribution >= 0.6 is 0 Å². The van der Waals surface area contributed by atoms with E-state index < -0.39 is 21.6 Å². The van der Waals surface area contributed by atoms with Gasteiger partial charge in [0.15, 0.2) is 8.07 Å². The molecule has 0 bridgehead atoms. The molecule has 390 valence electrons. The second kappa shape index (κ2) is 19.4. The Labute approximate surface area is 488 Å². The first-order valence-electron chi connectivity index (χ1n) is 29.1. The van der Waals surface area contributed by atoms with Crippen LogP contribution in [-0.2, 0) is 5.41 Å². The molecule has 0 saturated carbocycles. The van der Waals surface area contributed by atoms with Gasteiger partial charge in [0.25, 0.3) is 0 Å². The molecule has 0 N–H and O–H groups in total. The monoisotopic (exact) mass is 1090 g/mol. The average Bonchev–Trinajstić information content (AvgIpc) is 1.77. The number of anilines is 3. The zero-order valence-electron chi connectivity index (χ0n) is 46.1. The van der Waals surface area contributed by atoms with Crippen LogP contribution in [0.2, 0.25) is 6.55 Å². The summed E-state index contributed by atoms with van der Waals surface area (Å²) >= 11 is 0. The first-order chi connectivity index (χ1) is 41.1. The van der Waals surface area contributed by atoms with Crippen molar-refractivity contribution in [2.24, 2.45) is 0 Å². The molecule has 0 saturated heterocycles. The molecule has 3 heteroatoms. The van der Waals surface area contributed by atoms with Crippen LogP contribution in [0, 0.1) is 0 Å². The van der Waals surface area contributed by atoms with Crippen LogP contribution in [0.4, 0.5) is 17.1 Å². The van der Waals surface area contributed by atoms with Gasteiger partial charge in [-0.1, -0.05) is 298 Å². The van der Waals surface area contributed by atoms with Crippen LogP contribution in [0.15, 0.2) is 328 Å². The summed E-state index contributed by atoms with van der Waals surface area (Å²) in [5, 5.41) is 10.00. The van der Waals surface area contributed by atoms with E-state index in [4.69, 9.17) is 0 Å². The van der Waals surface area contributed by atoms with Crippen LogP contribution in [-0.4, -0.2) is 16.1 Å². The summed E-state index contributed by atoms with van der Waals surface area (Å²) < 4.78 is 0. The Bertz CT molecular complexity index is 4520. The van der Waals surface area contributed by atoms with Gasteiger partial charge < -0.3 is 4.90 Å². The lowest BCUT2D eigenvalue weighted by molar-refractivity contribution is 0.768. The van der Waals surface area contributed by atoms with Crippen molar-refractivity contribution < 1.29 is 0 Å². The normalized spacial score (nSPS) is 14.1. The molecule has 0 unspecified atom stereocenters. The molecule has 13 aromatic carbocycles. The van der Waals surface area contributed by atoms with E-state index in [1.165, 1.54) is 103 Å². The topological polar surface area (TPSA) is 3.24 Å². The molecule has 83 heavy (non-hydrogen) atoms. The Kier molecular flexibility index (Phi) is 11.4. The third kappa shape index (κ3) is 7.25. The zero-order valence-corrected chi connectivity index (χ0v) is 48.1. The molecule has 0 atom stereocenters. The second-order valence-corrected chi connectivity index (χ2v) is 30.4. The van der Waals surface area contributed by atoms with E-state index in [0.29, 0.717) is 0 Å². The number of fused-ring (bicyclic) bond motifs is 9. The summed E-state index contributed by atoms with van der Waals surface area (Å²) in [7, 11) is -5.25. The molecule has 0 radical (unpaired) electrons. The Morgan fingerprint density at radius 1 is 0.265 bits per heavy atom. The highest BCUT2D eigenvalue weighted by Crippen LogP contribution is 2.57. The molecule has 0 fully saturated rings. The van der Waals surface area contributed by atoms with Crippen molar-refractivity contribution >= 4 is 69.5 Å². The maximum atomic E-state index is 2.57. The molecular weight excluding hydrogens is 1030 g/mol. The highest BCUT2D eigenvalue weighted by Gasteiger charge is 2.50. The van der Waals surface area contributed by atoms with Gasteiger partial charge in [-0.25, -0.2) is 0 Å². The van der Waals surface area contributed by atoms with Crippen LogP contribution < -0.4 is 41.2 Å². The number of nitrogens with zero attached hydrogens (tertiary/aromatic N) is 1. The van der Waals surface area contributed by atoms with Gasteiger partial charge in [0.1, 0.15) is 8.07 Å². The van der Waals surface area contributed by atoms with Crippen LogP contribution in [0.25, 0.3) is 55.6 Å². The maximum Gasteiger partial charge on any atom is 0.180 e. The Morgan fingerprint density at radius 3 is 1.34 bits per heavy atom. The number of benzene rings is 13. The second-order valence-electron chi connectivity index (χ2n) is 22.7. The number of hydrogen-bond acceptors (Lipinski definition) is 1. The molecule has 0 spiro atoms. The first kappa shape index (κ1) is 49.0. The van der Waals surface area contributed by atoms with Crippen molar-refractivity contribution in [1.82, 2.24) is 0 Å². The molecule has 1 aliphatic carbocycles. The largest absolute Gasteiger partial charge is 0.310 e. The van der Waals surface area contributed by atoms with E-state index in [1.807, 2.05) is 0 Å². The fraction of sp³-hybridized carbons (Fsp3) is 0.0250. The maximum absolute atomic E-state index is 2.75. The highest BCUT2D eigenvalue weighted by atomic mass is 28.3. The van der Waals surface area contributed by atoms with Crippen LogP contribution in [0.1, 0.15) is 22.3 Å². The van der Waals surface area contributed by atoms with Crippen molar-refractivity contribution in [2.45, 2.75) is 12.0 Å². The van der Waals surface area contributed by atoms with Gasteiger partial charge >= 0.3 is 0 Å². The lowest BCUT2D eigenvalue weighted by Crippen LogP contribution is -2.72. The molecule has 3 aliphatic rings. The summed E-state index contributed by atoms with van der Waals surface area (Å²) in [5.74, 6) is 0. The van der Waals surface area contributed by atoms with E-state index in [-0.39, 0.29) is 0 Å². The van der Waals surface area contributed by atoms with Gasteiger partial charge in [0.2, 0.25) is 0 Å². The van der Waals surface area contributed by atoms with Crippen molar-refractivity contribution in [3.63, 3.8) is 0 Å². The summed E-state index contributed by atoms with van der Waals surface area (Å²) in [6.07, 6.45) is 0. The quantitative estimate of drug-likeness (QED) is 0.123. The van der Waals surface area contributed by atoms with Gasteiger partial charge in [-0.05, 0) is 145 Å².